The maximum Gasteiger partial charge on any atom is 0.270 e. The van der Waals surface area contributed by atoms with Crippen LogP contribution in [0.15, 0.2) is 65.8 Å². The first-order valence-electron chi connectivity index (χ1n) is 9.69. The van der Waals surface area contributed by atoms with Gasteiger partial charge in [-0.3, -0.25) is 14.6 Å². The van der Waals surface area contributed by atoms with E-state index in [1.54, 1.807) is 4.90 Å². The molecule has 1 fully saturated rings. The molecule has 28 heavy (non-hydrogen) atoms. The van der Waals surface area contributed by atoms with E-state index in [2.05, 4.69) is 12.1 Å². The highest BCUT2D eigenvalue weighted by Crippen LogP contribution is 2.35. The largest absolute Gasteiger partial charge is 0.369 e. The number of primary amides is 1. The first-order valence-corrected chi connectivity index (χ1v) is 9.69. The van der Waals surface area contributed by atoms with Gasteiger partial charge in [-0.1, -0.05) is 48.5 Å². The molecule has 1 saturated heterocycles. The molecular weight excluding hydrogens is 352 g/mol. The number of hydrogen-bond acceptors (Lipinski definition) is 4. The van der Waals surface area contributed by atoms with Gasteiger partial charge >= 0.3 is 0 Å². The van der Waals surface area contributed by atoms with Crippen LogP contribution >= 0.6 is 0 Å². The van der Waals surface area contributed by atoms with Gasteiger partial charge in [0.25, 0.3) is 5.91 Å². The van der Waals surface area contributed by atoms with E-state index in [9.17, 15) is 9.59 Å². The number of nitrogens with two attached hydrogens (primary N) is 1. The van der Waals surface area contributed by atoms with Gasteiger partial charge in [-0.2, -0.15) is 5.10 Å². The summed E-state index contributed by atoms with van der Waals surface area (Å²) in [5, 5.41) is 6.63. The first-order chi connectivity index (χ1) is 13.6. The van der Waals surface area contributed by atoms with E-state index >= 15 is 0 Å². The third kappa shape index (κ3) is 3.63. The van der Waals surface area contributed by atoms with Gasteiger partial charge in [-0.25, -0.2) is 0 Å². The van der Waals surface area contributed by atoms with Crippen LogP contribution in [0.2, 0.25) is 0 Å². The number of hydrazone groups is 1. The van der Waals surface area contributed by atoms with Gasteiger partial charge in [0.1, 0.15) is 5.71 Å². The maximum absolute atomic E-state index is 13.1. The molecule has 2 N–H and O–H groups in total. The molecule has 2 aliphatic heterocycles. The molecule has 6 nitrogen and oxygen atoms in total. The summed E-state index contributed by atoms with van der Waals surface area (Å²) in [6.07, 6.45) is 2.07. The summed E-state index contributed by atoms with van der Waals surface area (Å²) in [5.41, 5.74) is 8.06. The van der Waals surface area contributed by atoms with Crippen LogP contribution in [-0.2, 0) is 9.59 Å². The molecular formula is C22H24N4O2. The number of benzene rings is 2. The summed E-state index contributed by atoms with van der Waals surface area (Å²) < 4.78 is 0. The Hall–Kier alpha value is -3.15. The zero-order chi connectivity index (χ0) is 19.5. The van der Waals surface area contributed by atoms with Crippen molar-refractivity contribution in [2.24, 2.45) is 16.8 Å². The van der Waals surface area contributed by atoms with Crippen LogP contribution in [0, 0.1) is 5.92 Å². The minimum Gasteiger partial charge on any atom is -0.369 e. The Balaban J connectivity index is 1.60. The number of para-hydroxylation sites is 1. The number of amides is 2. The van der Waals surface area contributed by atoms with E-state index in [0.717, 1.165) is 24.1 Å². The van der Waals surface area contributed by atoms with Crippen LogP contribution < -0.4 is 10.7 Å². The Bertz CT molecular complexity index is 882. The number of likely N-dealkylation sites (tertiary alicyclic amines) is 1. The van der Waals surface area contributed by atoms with E-state index in [1.807, 2.05) is 53.5 Å². The minimum atomic E-state index is -0.334. The maximum atomic E-state index is 13.1. The molecule has 0 radical (unpaired) electrons. The summed E-state index contributed by atoms with van der Waals surface area (Å²) in [7, 11) is 0. The van der Waals surface area contributed by atoms with Crippen molar-refractivity contribution in [3.8, 4) is 0 Å². The zero-order valence-corrected chi connectivity index (χ0v) is 15.7. The van der Waals surface area contributed by atoms with Crippen LogP contribution in [0.1, 0.15) is 30.9 Å². The highest BCUT2D eigenvalue weighted by Gasteiger charge is 2.36. The van der Waals surface area contributed by atoms with Crippen molar-refractivity contribution in [3.63, 3.8) is 0 Å². The lowest BCUT2D eigenvalue weighted by atomic mass is 9.96. The van der Waals surface area contributed by atoms with Gasteiger partial charge in [-0.15, -0.1) is 0 Å². The highest BCUT2D eigenvalue weighted by atomic mass is 16.2. The molecule has 2 amide bonds. The lowest BCUT2D eigenvalue weighted by Crippen LogP contribution is -2.46. The van der Waals surface area contributed by atoms with Gasteiger partial charge in [0.2, 0.25) is 5.91 Å². The van der Waals surface area contributed by atoms with E-state index in [0.29, 0.717) is 25.2 Å². The van der Waals surface area contributed by atoms with Gasteiger partial charge in [-0.05, 0) is 30.5 Å². The van der Waals surface area contributed by atoms with Crippen molar-refractivity contribution >= 4 is 23.2 Å². The number of hydrogen-bond donors (Lipinski definition) is 1. The molecule has 0 aliphatic carbocycles. The molecule has 0 bridgehead atoms. The number of nitrogens with zero attached hydrogens (tertiary/aromatic N) is 3. The van der Waals surface area contributed by atoms with Gasteiger partial charge in [0, 0.05) is 19.5 Å². The molecule has 0 spiro atoms. The van der Waals surface area contributed by atoms with Crippen molar-refractivity contribution in [1.82, 2.24) is 4.90 Å². The molecule has 4 rings (SSSR count). The molecule has 2 aromatic rings. The normalized spacial score (nSPS) is 22.1. The molecule has 0 saturated carbocycles. The van der Waals surface area contributed by atoms with Gasteiger partial charge < -0.3 is 10.6 Å². The summed E-state index contributed by atoms with van der Waals surface area (Å²) >= 11 is 0. The highest BCUT2D eigenvalue weighted by molar-refractivity contribution is 6.39. The quantitative estimate of drug-likeness (QED) is 0.891. The number of carbonyl (C=O) groups is 2. The van der Waals surface area contributed by atoms with E-state index in [-0.39, 0.29) is 23.8 Å². The molecule has 2 aliphatic rings. The Morgan fingerprint density at radius 1 is 1.00 bits per heavy atom. The number of carbonyl (C=O) groups excluding carboxylic acids is 2. The molecule has 2 unspecified atom stereocenters. The Morgan fingerprint density at radius 3 is 2.36 bits per heavy atom. The van der Waals surface area contributed by atoms with Crippen LogP contribution in [0.5, 0.6) is 0 Å². The fraction of sp³-hybridized carbons (Fsp3) is 0.318. The summed E-state index contributed by atoms with van der Waals surface area (Å²) in [4.78, 5) is 26.4. The molecule has 6 heteroatoms. The van der Waals surface area contributed by atoms with E-state index in [4.69, 9.17) is 10.8 Å². The second-order valence-corrected chi connectivity index (χ2v) is 7.35. The predicted octanol–water partition coefficient (Wildman–Crippen LogP) is 2.72. The van der Waals surface area contributed by atoms with E-state index < -0.39 is 0 Å². The number of anilines is 1. The van der Waals surface area contributed by atoms with Crippen molar-refractivity contribution in [3.05, 3.63) is 66.2 Å². The fourth-order valence-electron chi connectivity index (χ4n) is 3.97. The first kappa shape index (κ1) is 18.2. The number of piperidine rings is 1. The summed E-state index contributed by atoms with van der Waals surface area (Å²) in [5.74, 6) is -0.695. The molecule has 2 heterocycles. The van der Waals surface area contributed by atoms with Gasteiger partial charge in [0.05, 0.1) is 17.6 Å². The topological polar surface area (TPSA) is 79.0 Å². The third-order valence-corrected chi connectivity index (χ3v) is 5.47. The lowest BCUT2D eigenvalue weighted by Gasteiger charge is -2.31. The second kappa shape index (κ2) is 7.84. The van der Waals surface area contributed by atoms with Crippen LogP contribution in [0.3, 0.4) is 0 Å². The van der Waals surface area contributed by atoms with Crippen molar-refractivity contribution in [1.29, 1.82) is 0 Å². The van der Waals surface area contributed by atoms with Crippen LogP contribution in [0.4, 0.5) is 5.69 Å². The van der Waals surface area contributed by atoms with Crippen molar-refractivity contribution < 1.29 is 9.59 Å². The number of rotatable bonds is 4. The second-order valence-electron chi connectivity index (χ2n) is 7.35. The lowest BCUT2D eigenvalue weighted by molar-refractivity contribution is -0.129. The summed E-state index contributed by atoms with van der Waals surface area (Å²) in [6.45, 7) is 1.03. The van der Waals surface area contributed by atoms with Crippen molar-refractivity contribution in [2.45, 2.75) is 25.3 Å². The average Bonchev–Trinajstić information content (AvgIpc) is 3.20. The van der Waals surface area contributed by atoms with Crippen LogP contribution in [0.25, 0.3) is 0 Å². The molecule has 2 atom stereocenters. The molecule has 144 valence electrons. The fourth-order valence-corrected chi connectivity index (χ4v) is 3.97. The van der Waals surface area contributed by atoms with E-state index in [1.165, 1.54) is 0 Å². The Kier molecular flexibility index (Phi) is 5.10. The Labute approximate surface area is 164 Å². The minimum absolute atomic E-state index is 0.0284. The van der Waals surface area contributed by atoms with Crippen molar-refractivity contribution in [2.75, 3.05) is 18.1 Å². The average molecular weight is 376 g/mol. The standard InChI is InChI=1S/C22H24N4O2/c23-21(27)17-10-7-13-25(15-17)22(28)19-14-20(16-8-3-1-4-9-16)26(24-19)18-11-5-2-6-12-18/h1-6,8-9,11-12,17,20H,7,10,13-15H2,(H2,23,27). The molecule has 2 aromatic carbocycles. The smallest absolute Gasteiger partial charge is 0.270 e. The zero-order valence-electron chi connectivity index (χ0n) is 15.7. The SMILES string of the molecule is NC(=O)C1CCCN(C(=O)C2=NN(c3ccccc3)C(c3ccccc3)C2)C1. The summed E-state index contributed by atoms with van der Waals surface area (Å²) in [6, 6.07) is 20.0. The third-order valence-electron chi connectivity index (χ3n) is 5.47. The molecule has 0 aromatic heterocycles. The van der Waals surface area contributed by atoms with Crippen LogP contribution in [-0.4, -0.2) is 35.5 Å². The Morgan fingerprint density at radius 2 is 1.68 bits per heavy atom. The monoisotopic (exact) mass is 376 g/mol. The van der Waals surface area contributed by atoms with Gasteiger partial charge in [0.15, 0.2) is 0 Å². The predicted molar refractivity (Wildman–Crippen MR) is 109 cm³/mol.